The monoisotopic (exact) mass is 399 g/mol. The van der Waals surface area contributed by atoms with E-state index in [0.717, 1.165) is 11.3 Å². The van der Waals surface area contributed by atoms with Crippen molar-refractivity contribution < 1.29 is 19.0 Å². The van der Waals surface area contributed by atoms with Crippen molar-refractivity contribution in [2.75, 3.05) is 26.3 Å². The van der Waals surface area contributed by atoms with Gasteiger partial charge in [-0.05, 0) is 19.1 Å². The third-order valence-corrected chi connectivity index (χ3v) is 4.63. The average Bonchev–Trinajstić information content (AvgIpc) is 3.22. The van der Waals surface area contributed by atoms with Gasteiger partial charge in [0.25, 0.3) is 5.91 Å². The quantitative estimate of drug-likeness (QED) is 0.558. The molecular weight excluding hydrogens is 378 g/mol. The largest absolute Gasteiger partial charge is 0.493 e. The van der Waals surface area contributed by atoms with Crippen LogP contribution in [0.3, 0.4) is 0 Å². The number of carbonyl (C=O) groups is 1. The molecule has 0 saturated heterocycles. The van der Waals surface area contributed by atoms with Gasteiger partial charge in [0.15, 0.2) is 11.5 Å². The van der Waals surface area contributed by atoms with Gasteiger partial charge in [0.1, 0.15) is 0 Å². The van der Waals surface area contributed by atoms with Crippen LogP contribution in [0.1, 0.15) is 17.3 Å². The molecule has 2 aromatic carbocycles. The number of hydrogen-bond donors (Lipinski definition) is 2. The van der Waals surface area contributed by atoms with Crippen molar-refractivity contribution >= 4 is 22.4 Å². The summed E-state index contributed by atoms with van der Waals surface area (Å²) in [5.41, 5.74) is 7.70. The standard InChI is InChI=1S/C20H21N3O4S/c1-4-27-18-16(25-2)10-14(11-17(18)26-3)19(24)22-23-20-21-15(12-28-20)13-8-6-5-7-9-13/h5-12H,4H2,1-3H3,(H,21,23)(H,22,24). The summed E-state index contributed by atoms with van der Waals surface area (Å²) >= 11 is 1.40. The summed E-state index contributed by atoms with van der Waals surface area (Å²) < 4.78 is 16.2. The van der Waals surface area contributed by atoms with E-state index in [1.807, 2.05) is 42.6 Å². The predicted octanol–water partition coefficient (Wildman–Crippen LogP) is 3.98. The number of nitrogens with zero attached hydrogens (tertiary/aromatic N) is 1. The van der Waals surface area contributed by atoms with Gasteiger partial charge >= 0.3 is 0 Å². The van der Waals surface area contributed by atoms with E-state index in [4.69, 9.17) is 14.2 Å². The van der Waals surface area contributed by atoms with Crippen molar-refractivity contribution in [1.29, 1.82) is 0 Å². The Labute approximate surface area is 167 Å². The second-order valence-electron chi connectivity index (χ2n) is 5.63. The SMILES string of the molecule is CCOc1c(OC)cc(C(=O)NNc2nc(-c3ccccc3)cs2)cc1OC. The highest BCUT2D eigenvalue weighted by molar-refractivity contribution is 7.14. The van der Waals surface area contributed by atoms with E-state index >= 15 is 0 Å². The lowest BCUT2D eigenvalue weighted by atomic mass is 10.1. The van der Waals surface area contributed by atoms with Crippen LogP contribution in [0.2, 0.25) is 0 Å². The van der Waals surface area contributed by atoms with E-state index in [1.165, 1.54) is 25.6 Å². The molecule has 0 radical (unpaired) electrons. The number of thiazole rings is 1. The molecule has 28 heavy (non-hydrogen) atoms. The third-order valence-electron chi connectivity index (χ3n) is 3.87. The van der Waals surface area contributed by atoms with Crippen LogP contribution in [0.25, 0.3) is 11.3 Å². The van der Waals surface area contributed by atoms with Crippen LogP contribution >= 0.6 is 11.3 Å². The molecule has 8 heteroatoms. The molecule has 0 aliphatic rings. The second-order valence-corrected chi connectivity index (χ2v) is 6.48. The first-order chi connectivity index (χ1) is 13.7. The zero-order chi connectivity index (χ0) is 19.9. The van der Waals surface area contributed by atoms with Gasteiger partial charge in [-0.25, -0.2) is 4.98 Å². The van der Waals surface area contributed by atoms with Crippen LogP contribution in [-0.2, 0) is 0 Å². The molecule has 0 saturated carbocycles. The van der Waals surface area contributed by atoms with Crippen molar-refractivity contribution in [2.24, 2.45) is 0 Å². The fourth-order valence-corrected chi connectivity index (χ4v) is 3.23. The Morgan fingerprint density at radius 3 is 2.39 bits per heavy atom. The van der Waals surface area contributed by atoms with Gasteiger partial charge in [-0.2, -0.15) is 0 Å². The summed E-state index contributed by atoms with van der Waals surface area (Å²) in [5.74, 6) is 0.958. The molecule has 2 N–H and O–H groups in total. The van der Waals surface area contributed by atoms with Crippen LogP contribution in [0.5, 0.6) is 17.2 Å². The molecular formula is C20H21N3O4S. The number of aromatic nitrogens is 1. The van der Waals surface area contributed by atoms with Gasteiger partial charge in [0.2, 0.25) is 10.9 Å². The second kappa shape index (κ2) is 9.09. The number of benzene rings is 2. The molecule has 7 nitrogen and oxygen atoms in total. The van der Waals surface area contributed by atoms with Crippen molar-refractivity contribution in [3.8, 4) is 28.5 Å². The minimum absolute atomic E-state index is 0.351. The van der Waals surface area contributed by atoms with Gasteiger partial charge in [-0.15, -0.1) is 11.3 Å². The normalized spacial score (nSPS) is 10.2. The first kappa shape index (κ1) is 19.5. The van der Waals surface area contributed by atoms with E-state index in [9.17, 15) is 4.79 Å². The lowest BCUT2D eigenvalue weighted by molar-refractivity contribution is 0.0962. The Morgan fingerprint density at radius 1 is 1.11 bits per heavy atom. The number of ether oxygens (including phenoxy) is 3. The summed E-state index contributed by atoms with van der Waals surface area (Å²) in [6.07, 6.45) is 0. The first-order valence-corrected chi connectivity index (χ1v) is 9.50. The number of rotatable bonds is 8. The Morgan fingerprint density at radius 2 is 1.79 bits per heavy atom. The van der Waals surface area contributed by atoms with Crippen molar-refractivity contribution in [1.82, 2.24) is 10.4 Å². The molecule has 1 amide bonds. The van der Waals surface area contributed by atoms with Gasteiger partial charge in [-0.1, -0.05) is 30.3 Å². The highest BCUT2D eigenvalue weighted by Gasteiger charge is 2.17. The van der Waals surface area contributed by atoms with Crippen LogP contribution < -0.4 is 25.1 Å². The van der Waals surface area contributed by atoms with Gasteiger partial charge in [-0.3, -0.25) is 15.6 Å². The van der Waals surface area contributed by atoms with Gasteiger partial charge < -0.3 is 14.2 Å². The zero-order valence-corrected chi connectivity index (χ0v) is 16.6. The van der Waals surface area contributed by atoms with E-state index in [0.29, 0.717) is 34.6 Å². The summed E-state index contributed by atoms with van der Waals surface area (Å²) in [6.45, 7) is 2.31. The zero-order valence-electron chi connectivity index (χ0n) is 15.8. The number of nitrogens with one attached hydrogen (secondary N) is 2. The number of methoxy groups -OCH3 is 2. The summed E-state index contributed by atoms with van der Waals surface area (Å²) in [7, 11) is 3.02. The topological polar surface area (TPSA) is 81.7 Å². The van der Waals surface area contributed by atoms with E-state index in [2.05, 4.69) is 15.8 Å². The molecule has 0 atom stereocenters. The Bertz CT molecular complexity index is 919. The first-order valence-electron chi connectivity index (χ1n) is 8.62. The summed E-state index contributed by atoms with van der Waals surface area (Å²) in [5, 5.41) is 2.50. The molecule has 3 rings (SSSR count). The summed E-state index contributed by atoms with van der Waals surface area (Å²) in [4.78, 5) is 17.0. The lowest BCUT2D eigenvalue weighted by Gasteiger charge is -2.15. The highest BCUT2D eigenvalue weighted by atomic mass is 32.1. The molecule has 0 aliphatic heterocycles. The average molecular weight is 399 g/mol. The minimum Gasteiger partial charge on any atom is -0.493 e. The van der Waals surface area contributed by atoms with Crippen molar-refractivity contribution in [2.45, 2.75) is 6.92 Å². The fraction of sp³-hybridized carbons (Fsp3) is 0.200. The molecule has 1 aromatic heterocycles. The molecule has 0 spiro atoms. The number of hydrazine groups is 1. The smallest absolute Gasteiger partial charge is 0.269 e. The van der Waals surface area contributed by atoms with E-state index < -0.39 is 0 Å². The van der Waals surface area contributed by atoms with E-state index in [1.54, 1.807) is 12.1 Å². The molecule has 0 aliphatic carbocycles. The molecule has 0 unspecified atom stereocenters. The van der Waals surface area contributed by atoms with Gasteiger partial charge in [0.05, 0.1) is 26.5 Å². The van der Waals surface area contributed by atoms with Crippen LogP contribution in [0.15, 0.2) is 47.8 Å². The lowest BCUT2D eigenvalue weighted by Crippen LogP contribution is -2.29. The van der Waals surface area contributed by atoms with Crippen molar-refractivity contribution in [3.63, 3.8) is 0 Å². The molecule has 146 valence electrons. The molecule has 0 fully saturated rings. The molecule has 1 heterocycles. The minimum atomic E-state index is -0.351. The maximum atomic E-state index is 12.6. The highest BCUT2D eigenvalue weighted by Crippen LogP contribution is 2.38. The number of hydrogen-bond acceptors (Lipinski definition) is 7. The van der Waals surface area contributed by atoms with Crippen LogP contribution in [0.4, 0.5) is 5.13 Å². The maximum Gasteiger partial charge on any atom is 0.269 e. The Kier molecular flexibility index (Phi) is 6.33. The van der Waals surface area contributed by atoms with Crippen LogP contribution in [-0.4, -0.2) is 31.7 Å². The summed E-state index contributed by atoms with van der Waals surface area (Å²) in [6, 6.07) is 13.0. The third kappa shape index (κ3) is 4.34. The maximum absolute atomic E-state index is 12.6. The Balaban J connectivity index is 1.72. The molecule has 0 bridgehead atoms. The van der Waals surface area contributed by atoms with Crippen LogP contribution in [0, 0.1) is 0 Å². The predicted molar refractivity (Wildman–Crippen MR) is 109 cm³/mol. The van der Waals surface area contributed by atoms with Gasteiger partial charge in [0, 0.05) is 16.5 Å². The number of carbonyl (C=O) groups excluding carboxylic acids is 1. The number of amides is 1. The van der Waals surface area contributed by atoms with E-state index in [-0.39, 0.29) is 5.91 Å². The Hall–Kier alpha value is -3.26. The molecule has 3 aromatic rings. The van der Waals surface area contributed by atoms with Crippen molar-refractivity contribution in [3.05, 3.63) is 53.4 Å². The number of anilines is 1. The fourth-order valence-electron chi connectivity index (χ4n) is 2.55.